The largest absolute Gasteiger partial charge is 0.308 e. The average molecular weight is 226 g/mol. The highest BCUT2D eigenvalue weighted by Gasteiger charge is 2.07. The summed E-state index contributed by atoms with van der Waals surface area (Å²) < 4.78 is 0. The zero-order valence-corrected chi connectivity index (χ0v) is 10.7. The molecule has 0 spiro atoms. The third kappa shape index (κ3) is 5.76. The van der Waals surface area contributed by atoms with Crippen LogP contribution in [0.25, 0.3) is 0 Å². The molecule has 88 valence electrons. The highest BCUT2D eigenvalue weighted by molar-refractivity contribution is 5.36. The first-order chi connectivity index (χ1) is 8.01. The van der Waals surface area contributed by atoms with Gasteiger partial charge in [-0.1, -0.05) is 24.0 Å². The summed E-state index contributed by atoms with van der Waals surface area (Å²) in [5.74, 6) is 5.75. The van der Waals surface area contributed by atoms with Crippen LogP contribution in [0.1, 0.15) is 38.3 Å². The van der Waals surface area contributed by atoms with Gasteiger partial charge in [-0.05, 0) is 38.5 Å². The third-order valence-electron chi connectivity index (χ3n) is 2.18. The molecule has 0 aliphatic rings. The average Bonchev–Trinajstić information content (AvgIpc) is 2.27. The predicted molar refractivity (Wildman–Crippen MR) is 70.1 cm³/mol. The predicted octanol–water partition coefficient (Wildman–Crippen LogP) is 2.84. The van der Waals surface area contributed by atoms with E-state index in [9.17, 15) is 0 Å². The summed E-state index contributed by atoms with van der Waals surface area (Å²) in [5.41, 5.74) is 2.33. The fourth-order valence-electron chi connectivity index (χ4n) is 1.26. The van der Waals surface area contributed by atoms with E-state index in [0.717, 1.165) is 12.1 Å². The molecule has 2 nitrogen and oxygen atoms in total. The maximum Gasteiger partial charge on any atom is 0.0966 e. The van der Waals surface area contributed by atoms with Crippen LogP contribution >= 0.6 is 0 Å². The smallest absolute Gasteiger partial charge is 0.0966 e. The molecule has 0 unspecified atom stereocenters. The van der Waals surface area contributed by atoms with Crippen LogP contribution in [0.2, 0.25) is 0 Å². The Kier molecular flexibility index (Phi) is 4.76. The highest BCUT2D eigenvalue weighted by atomic mass is 14.9. The molecule has 2 heteroatoms. The lowest BCUT2D eigenvalue weighted by Gasteiger charge is -2.20. The monoisotopic (exact) mass is 226 g/mol. The van der Waals surface area contributed by atoms with Crippen molar-refractivity contribution in [2.75, 3.05) is 0 Å². The van der Waals surface area contributed by atoms with Gasteiger partial charge in [-0.25, -0.2) is 0 Å². The van der Waals surface area contributed by atoms with E-state index in [2.05, 4.69) is 50.1 Å². The fourth-order valence-corrected chi connectivity index (χ4v) is 1.26. The minimum atomic E-state index is 0.130. The van der Waals surface area contributed by atoms with Crippen molar-refractivity contribution < 1.29 is 0 Å². The summed E-state index contributed by atoms with van der Waals surface area (Å²) in [4.78, 5) is 0. The molecular weight excluding hydrogens is 208 g/mol. The van der Waals surface area contributed by atoms with Crippen LogP contribution in [0, 0.1) is 23.2 Å². The molecule has 17 heavy (non-hydrogen) atoms. The van der Waals surface area contributed by atoms with Crippen molar-refractivity contribution in [3.63, 3.8) is 0 Å². The molecule has 0 bridgehead atoms. The molecule has 1 N–H and O–H groups in total. The molecule has 0 fully saturated rings. The highest BCUT2D eigenvalue weighted by Crippen LogP contribution is 2.06. The molecule has 0 atom stereocenters. The molecule has 0 radical (unpaired) electrons. The molecule has 0 amide bonds. The molecule has 0 aromatic heterocycles. The van der Waals surface area contributed by atoms with E-state index in [0.29, 0.717) is 0 Å². The second-order valence-corrected chi connectivity index (χ2v) is 4.94. The second-order valence-electron chi connectivity index (χ2n) is 4.94. The van der Waals surface area contributed by atoms with Gasteiger partial charge in [-0.2, -0.15) is 5.26 Å². The van der Waals surface area contributed by atoms with Gasteiger partial charge in [-0.15, -0.1) is 0 Å². The summed E-state index contributed by atoms with van der Waals surface area (Å²) in [7, 11) is 0. The summed E-state index contributed by atoms with van der Waals surface area (Å²) in [5, 5.41) is 11.8. The van der Waals surface area contributed by atoms with Gasteiger partial charge < -0.3 is 5.32 Å². The lowest BCUT2D eigenvalue weighted by atomic mass is 10.1. The van der Waals surface area contributed by atoms with E-state index in [1.165, 1.54) is 5.56 Å². The molecular formula is C15H18N2. The summed E-state index contributed by atoms with van der Waals surface area (Å²) in [6.07, 6.45) is 0.285. The Hall–Kier alpha value is -1.77. The number of benzene rings is 1. The maximum absolute atomic E-state index is 8.37. The number of nitrogens with zero attached hydrogens (tertiary/aromatic N) is 1. The van der Waals surface area contributed by atoms with Crippen LogP contribution in [-0.4, -0.2) is 5.54 Å². The van der Waals surface area contributed by atoms with Crippen molar-refractivity contribution in [3.8, 4) is 17.9 Å². The SMILES string of the molecule is CC(C)(C)NCc1ccc(C#CCC#N)cc1. The Labute approximate surface area is 104 Å². The van der Waals surface area contributed by atoms with Crippen molar-refractivity contribution in [1.29, 1.82) is 5.26 Å². The number of hydrogen-bond donors (Lipinski definition) is 1. The van der Waals surface area contributed by atoms with Gasteiger partial charge in [0, 0.05) is 17.6 Å². The Morgan fingerprint density at radius 2 is 1.82 bits per heavy atom. The summed E-state index contributed by atoms with van der Waals surface area (Å²) >= 11 is 0. The first kappa shape index (κ1) is 13.3. The number of nitrogens with one attached hydrogen (secondary N) is 1. The molecule has 0 aliphatic heterocycles. The second kappa shape index (κ2) is 6.09. The van der Waals surface area contributed by atoms with E-state index < -0.39 is 0 Å². The van der Waals surface area contributed by atoms with Gasteiger partial charge in [0.05, 0.1) is 12.5 Å². The molecule has 0 aliphatic carbocycles. The van der Waals surface area contributed by atoms with Gasteiger partial charge in [0.15, 0.2) is 0 Å². The van der Waals surface area contributed by atoms with Gasteiger partial charge in [0.25, 0.3) is 0 Å². The molecule has 1 rings (SSSR count). The fraction of sp³-hybridized carbons (Fsp3) is 0.400. The van der Waals surface area contributed by atoms with Crippen LogP contribution in [0.5, 0.6) is 0 Å². The zero-order chi connectivity index (χ0) is 12.7. The standard InChI is InChI=1S/C15H18N2/c1-15(2,3)17-12-14-9-7-13(8-10-14)6-4-5-11-16/h7-10,17H,5,12H2,1-3H3. The van der Waals surface area contributed by atoms with Crippen molar-refractivity contribution in [2.45, 2.75) is 39.3 Å². The van der Waals surface area contributed by atoms with Crippen molar-refractivity contribution in [1.82, 2.24) is 5.32 Å². The van der Waals surface area contributed by atoms with Gasteiger partial charge in [-0.3, -0.25) is 0 Å². The lowest BCUT2D eigenvalue weighted by Crippen LogP contribution is -2.35. The van der Waals surface area contributed by atoms with Crippen molar-refractivity contribution >= 4 is 0 Å². The van der Waals surface area contributed by atoms with Crippen molar-refractivity contribution in [3.05, 3.63) is 35.4 Å². The first-order valence-corrected chi connectivity index (χ1v) is 5.71. The van der Waals surface area contributed by atoms with Crippen LogP contribution in [0.15, 0.2) is 24.3 Å². The Balaban J connectivity index is 2.58. The van der Waals surface area contributed by atoms with Crippen LogP contribution in [0.4, 0.5) is 0 Å². The van der Waals surface area contributed by atoms with Gasteiger partial charge in [0.2, 0.25) is 0 Å². The van der Waals surface area contributed by atoms with E-state index in [1.54, 1.807) is 0 Å². The Bertz CT molecular complexity index is 447. The number of hydrogen-bond acceptors (Lipinski definition) is 2. The van der Waals surface area contributed by atoms with Crippen LogP contribution in [-0.2, 0) is 6.54 Å². The minimum Gasteiger partial charge on any atom is -0.308 e. The lowest BCUT2D eigenvalue weighted by molar-refractivity contribution is 0.424. The van der Waals surface area contributed by atoms with Crippen LogP contribution < -0.4 is 5.32 Å². The maximum atomic E-state index is 8.37. The Morgan fingerprint density at radius 3 is 2.35 bits per heavy atom. The minimum absolute atomic E-state index is 0.130. The van der Waals surface area contributed by atoms with E-state index >= 15 is 0 Å². The molecule has 0 saturated carbocycles. The summed E-state index contributed by atoms with van der Waals surface area (Å²) in [6, 6.07) is 10.1. The van der Waals surface area contributed by atoms with Crippen molar-refractivity contribution in [2.24, 2.45) is 0 Å². The van der Waals surface area contributed by atoms with E-state index in [4.69, 9.17) is 5.26 Å². The molecule has 1 aromatic carbocycles. The van der Waals surface area contributed by atoms with E-state index in [1.807, 2.05) is 18.2 Å². The number of nitriles is 1. The molecule has 0 saturated heterocycles. The Morgan fingerprint density at radius 1 is 1.18 bits per heavy atom. The summed E-state index contributed by atoms with van der Waals surface area (Å²) in [6.45, 7) is 7.30. The first-order valence-electron chi connectivity index (χ1n) is 5.71. The quantitative estimate of drug-likeness (QED) is 0.787. The number of rotatable bonds is 2. The normalized spacial score (nSPS) is 10.2. The molecule has 1 aromatic rings. The van der Waals surface area contributed by atoms with E-state index in [-0.39, 0.29) is 12.0 Å². The van der Waals surface area contributed by atoms with Crippen LogP contribution in [0.3, 0.4) is 0 Å². The topological polar surface area (TPSA) is 35.8 Å². The third-order valence-corrected chi connectivity index (χ3v) is 2.18. The molecule has 0 heterocycles. The van der Waals surface area contributed by atoms with Gasteiger partial charge in [0.1, 0.15) is 0 Å². The zero-order valence-electron chi connectivity index (χ0n) is 10.7. The van der Waals surface area contributed by atoms with Gasteiger partial charge >= 0.3 is 0 Å².